The zero-order valence-electron chi connectivity index (χ0n) is 9.67. The fourth-order valence-corrected chi connectivity index (χ4v) is 1.75. The van der Waals surface area contributed by atoms with Crippen molar-refractivity contribution in [2.45, 2.75) is 25.9 Å². The van der Waals surface area contributed by atoms with Crippen LogP contribution in [-0.2, 0) is 20.0 Å². The SMILES string of the molecule is CC(N)c1cncn1CCc1cnn(C)c1. The third-order valence-corrected chi connectivity index (χ3v) is 2.61. The summed E-state index contributed by atoms with van der Waals surface area (Å²) >= 11 is 0. The lowest BCUT2D eigenvalue weighted by Crippen LogP contribution is -2.12. The number of aromatic nitrogens is 4. The Morgan fingerprint density at radius 3 is 2.88 bits per heavy atom. The van der Waals surface area contributed by atoms with Gasteiger partial charge in [0.25, 0.3) is 0 Å². The lowest BCUT2D eigenvalue weighted by Gasteiger charge is -2.09. The van der Waals surface area contributed by atoms with E-state index in [9.17, 15) is 0 Å². The van der Waals surface area contributed by atoms with E-state index in [1.165, 1.54) is 5.56 Å². The van der Waals surface area contributed by atoms with Gasteiger partial charge >= 0.3 is 0 Å². The maximum absolute atomic E-state index is 5.85. The first-order chi connectivity index (χ1) is 7.66. The van der Waals surface area contributed by atoms with Crippen LogP contribution in [0.3, 0.4) is 0 Å². The molecule has 0 bridgehead atoms. The number of rotatable bonds is 4. The van der Waals surface area contributed by atoms with Crippen molar-refractivity contribution in [3.63, 3.8) is 0 Å². The summed E-state index contributed by atoms with van der Waals surface area (Å²) in [6, 6.07) is 0.0244. The molecule has 1 unspecified atom stereocenters. The Hall–Kier alpha value is -1.62. The van der Waals surface area contributed by atoms with Crippen LogP contribution in [0.1, 0.15) is 24.2 Å². The number of hydrogen-bond acceptors (Lipinski definition) is 3. The molecule has 2 heterocycles. The van der Waals surface area contributed by atoms with Crippen LogP contribution in [0.15, 0.2) is 24.9 Å². The molecule has 0 aliphatic carbocycles. The van der Waals surface area contributed by atoms with E-state index in [2.05, 4.69) is 14.6 Å². The standard InChI is InChI=1S/C11H17N5/c1-9(12)11-6-13-8-16(11)4-3-10-5-14-15(2)7-10/h5-9H,3-4,12H2,1-2H3. The van der Waals surface area contributed by atoms with Gasteiger partial charge in [-0.2, -0.15) is 5.10 Å². The van der Waals surface area contributed by atoms with Crippen molar-refractivity contribution < 1.29 is 0 Å². The molecule has 0 saturated carbocycles. The summed E-state index contributed by atoms with van der Waals surface area (Å²) in [4.78, 5) is 4.12. The topological polar surface area (TPSA) is 61.7 Å². The quantitative estimate of drug-likeness (QED) is 0.830. The lowest BCUT2D eigenvalue weighted by atomic mass is 10.2. The van der Waals surface area contributed by atoms with Gasteiger partial charge in [0.1, 0.15) is 0 Å². The maximum Gasteiger partial charge on any atom is 0.0948 e. The van der Waals surface area contributed by atoms with Gasteiger partial charge in [-0.05, 0) is 18.9 Å². The second-order valence-electron chi connectivity index (χ2n) is 4.07. The highest BCUT2D eigenvalue weighted by molar-refractivity contribution is 5.06. The number of nitrogens with zero attached hydrogens (tertiary/aromatic N) is 4. The van der Waals surface area contributed by atoms with E-state index in [1.54, 1.807) is 0 Å². The highest BCUT2D eigenvalue weighted by atomic mass is 15.2. The molecule has 0 saturated heterocycles. The largest absolute Gasteiger partial charge is 0.333 e. The van der Waals surface area contributed by atoms with Gasteiger partial charge < -0.3 is 10.3 Å². The first kappa shape index (κ1) is 10.9. The predicted molar refractivity (Wildman–Crippen MR) is 61.7 cm³/mol. The molecule has 0 aliphatic heterocycles. The molecule has 16 heavy (non-hydrogen) atoms. The summed E-state index contributed by atoms with van der Waals surface area (Å²) in [5.41, 5.74) is 8.16. The van der Waals surface area contributed by atoms with E-state index < -0.39 is 0 Å². The monoisotopic (exact) mass is 219 g/mol. The summed E-state index contributed by atoms with van der Waals surface area (Å²) in [5, 5.41) is 4.14. The Bertz CT molecular complexity index is 454. The van der Waals surface area contributed by atoms with Crippen molar-refractivity contribution >= 4 is 0 Å². The molecular weight excluding hydrogens is 202 g/mol. The van der Waals surface area contributed by atoms with Gasteiger partial charge in [-0.3, -0.25) is 4.68 Å². The minimum Gasteiger partial charge on any atom is -0.333 e. The summed E-state index contributed by atoms with van der Waals surface area (Å²) in [6.45, 7) is 2.86. The molecule has 0 radical (unpaired) electrons. The van der Waals surface area contributed by atoms with Crippen LogP contribution >= 0.6 is 0 Å². The Balaban J connectivity index is 2.02. The molecule has 5 heteroatoms. The number of imidazole rings is 1. The fourth-order valence-electron chi connectivity index (χ4n) is 1.75. The van der Waals surface area contributed by atoms with E-state index in [-0.39, 0.29) is 6.04 Å². The van der Waals surface area contributed by atoms with Gasteiger partial charge in [0.05, 0.1) is 18.2 Å². The van der Waals surface area contributed by atoms with E-state index in [0.29, 0.717) is 0 Å². The van der Waals surface area contributed by atoms with E-state index in [0.717, 1.165) is 18.7 Å². The lowest BCUT2D eigenvalue weighted by molar-refractivity contribution is 0.623. The summed E-state index contributed by atoms with van der Waals surface area (Å²) in [6.07, 6.45) is 8.53. The second-order valence-corrected chi connectivity index (χ2v) is 4.07. The predicted octanol–water partition coefficient (Wildman–Crippen LogP) is 0.879. The molecule has 0 aliphatic rings. The highest BCUT2D eigenvalue weighted by Gasteiger charge is 2.06. The van der Waals surface area contributed by atoms with Crippen molar-refractivity contribution in [1.29, 1.82) is 0 Å². The molecule has 2 N–H and O–H groups in total. The third kappa shape index (κ3) is 2.30. The van der Waals surface area contributed by atoms with Crippen molar-refractivity contribution in [2.75, 3.05) is 0 Å². The molecule has 0 aromatic carbocycles. The van der Waals surface area contributed by atoms with Gasteiger partial charge in [0, 0.05) is 32.0 Å². The molecule has 0 spiro atoms. The van der Waals surface area contributed by atoms with Crippen molar-refractivity contribution in [2.24, 2.45) is 12.8 Å². The van der Waals surface area contributed by atoms with Crippen LogP contribution in [0.25, 0.3) is 0 Å². The van der Waals surface area contributed by atoms with Crippen LogP contribution in [0, 0.1) is 0 Å². The summed E-state index contributed by atoms with van der Waals surface area (Å²) in [7, 11) is 1.92. The molecule has 0 amide bonds. The van der Waals surface area contributed by atoms with Gasteiger partial charge in [0.2, 0.25) is 0 Å². The average Bonchev–Trinajstić information content (AvgIpc) is 2.83. The summed E-state index contributed by atoms with van der Waals surface area (Å²) < 4.78 is 3.91. The highest BCUT2D eigenvalue weighted by Crippen LogP contribution is 2.10. The maximum atomic E-state index is 5.85. The molecule has 86 valence electrons. The fraction of sp³-hybridized carbons (Fsp3) is 0.455. The summed E-state index contributed by atoms with van der Waals surface area (Å²) in [5.74, 6) is 0. The van der Waals surface area contributed by atoms with Crippen LogP contribution in [-0.4, -0.2) is 19.3 Å². The van der Waals surface area contributed by atoms with E-state index >= 15 is 0 Å². The van der Waals surface area contributed by atoms with Crippen LogP contribution in [0.2, 0.25) is 0 Å². The first-order valence-corrected chi connectivity index (χ1v) is 5.40. The molecule has 2 aromatic heterocycles. The van der Waals surface area contributed by atoms with Crippen LogP contribution in [0.5, 0.6) is 0 Å². The molecule has 2 rings (SSSR count). The second kappa shape index (κ2) is 4.49. The minimum absolute atomic E-state index is 0.0244. The molecular formula is C11H17N5. The van der Waals surface area contributed by atoms with Gasteiger partial charge in [0.15, 0.2) is 0 Å². The number of aryl methyl sites for hydroxylation is 3. The molecule has 0 fully saturated rings. The van der Waals surface area contributed by atoms with Crippen molar-refractivity contribution in [3.8, 4) is 0 Å². The van der Waals surface area contributed by atoms with E-state index in [4.69, 9.17) is 5.73 Å². The Morgan fingerprint density at radius 1 is 1.44 bits per heavy atom. The normalized spacial score (nSPS) is 12.9. The van der Waals surface area contributed by atoms with Crippen LogP contribution in [0.4, 0.5) is 0 Å². The number of nitrogens with two attached hydrogens (primary N) is 1. The van der Waals surface area contributed by atoms with Crippen molar-refractivity contribution in [3.05, 3.63) is 36.2 Å². The average molecular weight is 219 g/mol. The molecule has 1 atom stereocenters. The number of hydrogen-bond donors (Lipinski definition) is 1. The zero-order chi connectivity index (χ0) is 11.5. The molecule has 5 nitrogen and oxygen atoms in total. The van der Waals surface area contributed by atoms with Gasteiger partial charge in [-0.25, -0.2) is 4.98 Å². The Labute approximate surface area is 94.9 Å². The molecule has 2 aromatic rings. The van der Waals surface area contributed by atoms with Gasteiger partial charge in [-0.15, -0.1) is 0 Å². The zero-order valence-corrected chi connectivity index (χ0v) is 9.67. The third-order valence-electron chi connectivity index (χ3n) is 2.61. The van der Waals surface area contributed by atoms with Crippen molar-refractivity contribution in [1.82, 2.24) is 19.3 Å². The first-order valence-electron chi connectivity index (χ1n) is 5.40. The van der Waals surface area contributed by atoms with E-state index in [1.807, 2.05) is 43.6 Å². The van der Waals surface area contributed by atoms with Crippen LogP contribution < -0.4 is 5.73 Å². The Kier molecular flexibility index (Phi) is 3.05. The van der Waals surface area contributed by atoms with Gasteiger partial charge in [-0.1, -0.05) is 0 Å². The Morgan fingerprint density at radius 2 is 2.25 bits per heavy atom. The smallest absolute Gasteiger partial charge is 0.0948 e. The minimum atomic E-state index is 0.0244.